The van der Waals surface area contributed by atoms with E-state index in [1.165, 1.54) is 17.7 Å². The number of hydrogen-bond acceptors (Lipinski definition) is 2. The fourth-order valence-electron chi connectivity index (χ4n) is 2.87. The summed E-state index contributed by atoms with van der Waals surface area (Å²) in [5.74, 6) is -0.711. The summed E-state index contributed by atoms with van der Waals surface area (Å²) < 4.78 is 14.6. The zero-order valence-electron chi connectivity index (χ0n) is 13.9. The predicted octanol–water partition coefficient (Wildman–Crippen LogP) is 4.06. The highest BCUT2D eigenvalue weighted by molar-refractivity contribution is 9.10. The molecule has 0 radical (unpaired) electrons. The number of piperazine rings is 1. The van der Waals surface area contributed by atoms with Crippen molar-refractivity contribution in [3.8, 4) is 0 Å². The third-order valence-electron chi connectivity index (χ3n) is 4.29. The lowest BCUT2D eigenvalue weighted by molar-refractivity contribution is 0.0645. The van der Waals surface area contributed by atoms with E-state index in [4.69, 9.17) is 0 Å². The molecule has 1 amide bonds. The number of benzene rings is 2. The lowest BCUT2D eigenvalue weighted by Gasteiger charge is -2.34. The van der Waals surface area contributed by atoms with Gasteiger partial charge in [0.25, 0.3) is 5.91 Å². The van der Waals surface area contributed by atoms with Gasteiger partial charge in [0.05, 0.1) is 5.56 Å². The molecule has 0 N–H and O–H groups in total. The molecule has 1 aliphatic rings. The first-order valence-corrected chi connectivity index (χ1v) is 9.11. The van der Waals surface area contributed by atoms with E-state index in [-0.39, 0.29) is 11.5 Å². The molecule has 0 saturated carbocycles. The molecule has 1 fully saturated rings. The van der Waals surface area contributed by atoms with Crippen LogP contribution in [0.3, 0.4) is 0 Å². The van der Waals surface area contributed by atoms with E-state index in [2.05, 4.69) is 45.1 Å². The molecule has 0 bridgehead atoms. The summed E-state index contributed by atoms with van der Waals surface area (Å²) in [6.45, 7) is 3.68. The number of carbonyl (C=O) groups excluding carboxylic acids is 1. The van der Waals surface area contributed by atoms with Gasteiger partial charge in [-0.15, -0.1) is 0 Å². The first-order chi connectivity index (χ1) is 12.1. The van der Waals surface area contributed by atoms with E-state index < -0.39 is 5.82 Å². The van der Waals surface area contributed by atoms with Crippen molar-refractivity contribution in [1.29, 1.82) is 0 Å². The van der Waals surface area contributed by atoms with E-state index in [0.717, 1.165) is 19.6 Å². The van der Waals surface area contributed by atoms with Crippen LogP contribution in [-0.2, 0) is 0 Å². The van der Waals surface area contributed by atoms with Crippen molar-refractivity contribution in [2.24, 2.45) is 0 Å². The summed E-state index contributed by atoms with van der Waals surface area (Å²) in [7, 11) is 0. The van der Waals surface area contributed by atoms with Crippen LogP contribution in [0.4, 0.5) is 4.39 Å². The molecule has 2 aromatic rings. The molecule has 2 aromatic carbocycles. The number of hydrogen-bond donors (Lipinski definition) is 0. The number of rotatable bonds is 4. The first kappa shape index (κ1) is 17.8. The minimum Gasteiger partial charge on any atom is -0.336 e. The van der Waals surface area contributed by atoms with E-state index in [1.807, 2.05) is 18.2 Å². The summed E-state index contributed by atoms with van der Waals surface area (Å²) in [6, 6.07) is 14.7. The Morgan fingerprint density at radius 2 is 1.80 bits per heavy atom. The highest BCUT2D eigenvalue weighted by Crippen LogP contribution is 2.17. The van der Waals surface area contributed by atoms with Gasteiger partial charge in [-0.3, -0.25) is 9.69 Å². The normalized spacial score (nSPS) is 15.7. The number of amides is 1. The maximum atomic E-state index is 14.0. The van der Waals surface area contributed by atoms with Crippen LogP contribution >= 0.6 is 15.9 Å². The zero-order chi connectivity index (χ0) is 17.6. The highest BCUT2D eigenvalue weighted by Gasteiger charge is 2.23. The zero-order valence-corrected chi connectivity index (χ0v) is 15.5. The van der Waals surface area contributed by atoms with Crippen LogP contribution in [0.2, 0.25) is 0 Å². The van der Waals surface area contributed by atoms with E-state index in [9.17, 15) is 9.18 Å². The minimum absolute atomic E-state index is 0.139. The van der Waals surface area contributed by atoms with Crippen molar-refractivity contribution >= 4 is 27.9 Å². The number of halogens is 2. The average Bonchev–Trinajstić information content (AvgIpc) is 2.63. The SMILES string of the molecule is O=C(c1ccc(Br)cc1F)N1CCN(CC=Cc2ccccc2)CC1. The van der Waals surface area contributed by atoms with E-state index >= 15 is 0 Å². The van der Waals surface area contributed by atoms with Crippen molar-refractivity contribution in [2.75, 3.05) is 32.7 Å². The van der Waals surface area contributed by atoms with Gasteiger partial charge in [-0.1, -0.05) is 58.4 Å². The summed E-state index contributed by atoms with van der Waals surface area (Å²) >= 11 is 3.21. The van der Waals surface area contributed by atoms with Crippen LogP contribution in [0.5, 0.6) is 0 Å². The van der Waals surface area contributed by atoms with Crippen LogP contribution in [-0.4, -0.2) is 48.4 Å². The van der Waals surface area contributed by atoms with Gasteiger partial charge in [-0.25, -0.2) is 4.39 Å². The molecule has 0 atom stereocenters. The van der Waals surface area contributed by atoms with Crippen LogP contribution in [0.25, 0.3) is 6.08 Å². The summed E-state index contributed by atoms with van der Waals surface area (Å²) in [6.07, 6.45) is 4.25. The van der Waals surface area contributed by atoms with E-state index in [1.54, 1.807) is 11.0 Å². The van der Waals surface area contributed by atoms with Gasteiger partial charge in [0.1, 0.15) is 5.82 Å². The maximum absolute atomic E-state index is 14.0. The Balaban J connectivity index is 1.51. The Bertz CT molecular complexity index is 756. The molecule has 0 aromatic heterocycles. The van der Waals surface area contributed by atoms with Crippen molar-refractivity contribution in [3.05, 3.63) is 76.0 Å². The van der Waals surface area contributed by atoms with Crippen molar-refractivity contribution in [1.82, 2.24) is 9.80 Å². The number of carbonyl (C=O) groups is 1. The molecule has 3 rings (SSSR count). The maximum Gasteiger partial charge on any atom is 0.256 e. The fraction of sp³-hybridized carbons (Fsp3) is 0.250. The van der Waals surface area contributed by atoms with Gasteiger partial charge in [0.2, 0.25) is 0 Å². The van der Waals surface area contributed by atoms with Gasteiger partial charge in [-0.05, 0) is 23.8 Å². The molecule has 0 aliphatic carbocycles. The van der Waals surface area contributed by atoms with Crippen LogP contribution < -0.4 is 0 Å². The predicted molar refractivity (Wildman–Crippen MR) is 102 cm³/mol. The van der Waals surface area contributed by atoms with E-state index in [0.29, 0.717) is 17.6 Å². The van der Waals surface area contributed by atoms with Crippen LogP contribution in [0.1, 0.15) is 15.9 Å². The largest absolute Gasteiger partial charge is 0.336 e. The smallest absolute Gasteiger partial charge is 0.256 e. The first-order valence-electron chi connectivity index (χ1n) is 8.32. The van der Waals surface area contributed by atoms with Gasteiger partial charge >= 0.3 is 0 Å². The molecular formula is C20H20BrFN2O. The van der Waals surface area contributed by atoms with Crippen LogP contribution in [0, 0.1) is 5.82 Å². The molecular weight excluding hydrogens is 383 g/mol. The molecule has 1 heterocycles. The summed E-state index contributed by atoms with van der Waals surface area (Å²) in [5.41, 5.74) is 1.32. The van der Waals surface area contributed by atoms with Gasteiger partial charge in [0, 0.05) is 37.2 Å². The Morgan fingerprint density at radius 3 is 2.48 bits per heavy atom. The third kappa shape index (κ3) is 4.77. The molecule has 130 valence electrons. The standard InChI is InChI=1S/C20H20BrFN2O/c21-17-8-9-18(19(22)15-17)20(25)24-13-11-23(12-14-24)10-4-7-16-5-2-1-3-6-16/h1-9,15H,10-14H2. The lowest BCUT2D eigenvalue weighted by atomic mass is 10.1. The molecule has 0 unspecified atom stereocenters. The topological polar surface area (TPSA) is 23.6 Å². The Hall–Kier alpha value is -1.98. The molecule has 1 aliphatic heterocycles. The fourth-order valence-corrected chi connectivity index (χ4v) is 3.20. The Morgan fingerprint density at radius 1 is 1.08 bits per heavy atom. The van der Waals surface area contributed by atoms with Crippen molar-refractivity contribution in [2.45, 2.75) is 0 Å². The molecule has 5 heteroatoms. The molecule has 3 nitrogen and oxygen atoms in total. The monoisotopic (exact) mass is 402 g/mol. The summed E-state index contributed by atoms with van der Waals surface area (Å²) in [5, 5.41) is 0. The summed E-state index contributed by atoms with van der Waals surface area (Å²) in [4.78, 5) is 16.5. The molecule has 1 saturated heterocycles. The number of nitrogens with zero attached hydrogens (tertiary/aromatic N) is 2. The second-order valence-electron chi connectivity index (χ2n) is 6.03. The minimum atomic E-state index is -0.479. The van der Waals surface area contributed by atoms with Crippen molar-refractivity contribution in [3.63, 3.8) is 0 Å². The average molecular weight is 403 g/mol. The third-order valence-corrected chi connectivity index (χ3v) is 4.79. The second kappa shape index (κ2) is 8.41. The molecule has 25 heavy (non-hydrogen) atoms. The van der Waals surface area contributed by atoms with Crippen LogP contribution in [0.15, 0.2) is 59.1 Å². The second-order valence-corrected chi connectivity index (χ2v) is 6.95. The van der Waals surface area contributed by atoms with Gasteiger partial charge in [0.15, 0.2) is 0 Å². The Labute approximate surface area is 155 Å². The Kier molecular flexibility index (Phi) is 6.00. The lowest BCUT2D eigenvalue weighted by Crippen LogP contribution is -2.48. The highest BCUT2D eigenvalue weighted by atomic mass is 79.9. The van der Waals surface area contributed by atoms with Gasteiger partial charge in [-0.2, -0.15) is 0 Å². The van der Waals surface area contributed by atoms with Crippen molar-refractivity contribution < 1.29 is 9.18 Å². The van der Waals surface area contributed by atoms with Gasteiger partial charge < -0.3 is 4.90 Å². The quantitative estimate of drug-likeness (QED) is 0.769. The molecule has 0 spiro atoms.